The molecule has 1 aromatic carbocycles. The summed E-state index contributed by atoms with van der Waals surface area (Å²) in [4.78, 5) is 2.24. The van der Waals surface area contributed by atoms with Gasteiger partial charge in [-0.1, -0.05) is 12.1 Å². The number of anilines is 2. The lowest BCUT2D eigenvalue weighted by Gasteiger charge is -2.44. The Balaban J connectivity index is 2.53. The lowest BCUT2D eigenvalue weighted by molar-refractivity contribution is 0.281. The van der Waals surface area contributed by atoms with E-state index in [0.29, 0.717) is 0 Å². The first-order valence-electron chi connectivity index (χ1n) is 5.27. The number of rotatable bonds is 1. The summed E-state index contributed by atoms with van der Waals surface area (Å²) in [7, 11) is 2.08. The molecule has 82 valence electrons. The molecule has 0 aliphatic carbocycles. The highest BCUT2D eigenvalue weighted by Crippen LogP contribution is 2.37. The summed E-state index contributed by atoms with van der Waals surface area (Å²) in [6.45, 7) is 5.39. The Labute approximate surface area is 90.7 Å². The zero-order valence-electron chi connectivity index (χ0n) is 9.54. The van der Waals surface area contributed by atoms with Gasteiger partial charge in [0.2, 0.25) is 0 Å². The van der Waals surface area contributed by atoms with Crippen molar-refractivity contribution in [2.45, 2.75) is 26.0 Å². The number of para-hydroxylation sites is 1. The van der Waals surface area contributed by atoms with E-state index >= 15 is 0 Å². The highest BCUT2D eigenvalue weighted by molar-refractivity contribution is 5.76. The normalized spacial score (nSPS) is 18.3. The molecule has 1 aromatic rings. The summed E-state index contributed by atoms with van der Waals surface area (Å²) < 4.78 is 0. The minimum Gasteiger partial charge on any atom is -0.392 e. The highest BCUT2D eigenvalue weighted by Gasteiger charge is 2.31. The smallest absolute Gasteiger partial charge is 0.0702 e. The maximum Gasteiger partial charge on any atom is 0.0702 e. The highest BCUT2D eigenvalue weighted by atomic mass is 16.3. The van der Waals surface area contributed by atoms with Crippen molar-refractivity contribution in [3.05, 3.63) is 23.8 Å². The van der Waals surface area contributed by atoms with Gasteiger partial charge in [-0.05, 0) is 19.9 Å². The molecule has 0 saturated heterocycles. The fourth-order valence-corrected chi connectivity index (χ4v) is 1.99. The van der Waals surface area contributed by atoms with Crippen molar-refractivity contribution in [3.63, 3.8) is 0 Å². The minimum absolute atomic E-state index is 0.0816. The number of likely N-dealkylation sites (N-methyl/N-ethyl adjacent to an activating group) is 1. The van der Waals surface area contributed by atoms with E-state index in [1.165, 1.54) is 0 Å². The van der Waals surface area contributed by atoms with Crippen LogP contribution >= 0.6 is 0 Å². The predicted molar refractivity (Wildman–Crippen MR) is 63.3 cm³/mol. The van der Waals surface area contributed by atoms with Gasteiger partial charge in [0.1, 0.15) is 0 Å². The van der Waals surface area contributed by atoms with Crippen LogP contribution in [-0.4, -0.2) is 24.2 Å². The third kappa shape index (κ3) is 1.57. The monoisotopic (exact) mass is 206 g/mol. The van der Waals surface area contributed by atoms with Crippen molar-refractivity contribution >= 4 is 11.4 Å². The molecular weight excluding hydrogens is 188 g/mol. The lowest BCUT2D eigenvalue weighted by atomic mass is 9.96. The zero-order valence-corrected chi connectivity index (χ0v) is 9.54. The maximum atomic E-state index is 9.33. The molecular formula is C12H18N2O. The number of fused-ring (bicyclic) bond motifs is 1. The molecule has 0 saturated carbocycles. The zero-order chi connectivity index (χ0) is 11.1. The number of nitrogens with one attached hydrogen (secondary N) is 1. The van der Waals surface area contributed by atoms with Gasteiger partial charge in [0.25, 0.3) is 0 Å². The summed E-state index contributed by atoms with van der Waals surface area (Å²) in [6, 6.07) is 6.00. The average Bonchev–Trinajstić information content (AvgIpc) is 2.23. The van der Waals surface area contributed by atoms with Crippen LogP contribution in [0.1, 0.15) is 19.4 Å². The van der Waals surface area contributed by atoms with Gasteiger partial charge in [-0.3, -0.25) is 0 Å². The van der Waals surface area contributed by atoms with Crippen LogP contribution in [-0.2, 0) is 6.61 Å². The first-order chi connectivity index (χ1) is 7.06. The Morgan fingerprint density at radius 2 is 2.20 bits per heavy atom. The molecule has 0 atom stereocenters. The van der Waals surface area contributed by atoms with Crippen LogP contribution < -0.4 is 10.2 Å². The lowest BCUT2D eigenvalue weighted by Crippen LogP contribution is -2.50. The standard InChI is InChI=1S/C12H18N2O/c1-12(2)8-13-10-6-4-5-9(7-15)11(10)14(12)3/h4-6,13,15H,7-8H2,1-3H3. The van der Waals surface area contributed by atoms with Crippen LogP contribution in [0, 0.1) is 0 Å². The number of nitrogens with zero attached hydrogens (tertiary/aromatic N) is 1. The largest absolute Gasteiger partial charge is 0.392 e. The van der Waals surface area contributed by atoms with Crippen LogP contribution in [0.25, 0.3) is 0 Å². The van der Waals surface area contributed by atoms with Crippen LogP contribution in [0.4, 0.5) is 11.4 Å². The molecule has 0 radical (unpaired) electrons. The Bertz CT molecular complexity index is 360. The summed E-state index contributed by atoms with van der Waals surface area (Å²) in [5.74, 6) is 0. The molecule has 3 nitrogen and oxygen atoms in total. The fraction of sp³-hybridized carbons (Fsp3) is 0.500. The topological polar surface area (TPSA) is 35.5 Å². The molecule has 1 heterocycles. The molecule has 2 rings (SSSR count). The van der Waals surface area contributed by atoms with Gasteiger partial charge < -0.3 is 15.3 Å². The molecule has 3 heteroatoms. The second-order valence-electron chi connectivity index (χ2n) is 4.70. The van der Waals surface area contributed by atoms with Crippen molar-refractivity contribution in [2.75, 3.05) is 23.8 Å². The molecule has 0 unspecified atom stereocenters. The summed E-state index contributed by atoms with van der Waals surface area (Å²) in [5.41, 5.74) is 3.30. The third-order valence-electron chi connectivity index (χ3n) is 3.24. The first-order valence-corrected chi connectivity index (χ1v) is 5.27. The van der Waals surface area contributed by atoms with Crippen LogP contribution in [0.15, 0.2) is 18.2 Å². The quantitative estimate of drug-likeness (QED) is 0.735. The van der Waals surface area contributed by atoms with Gasteiger partial charge in [0.15, 0.2) is 0 Å². The van der Waals surface area contributed by atoms with E-state index in [4.69, 9.17) is 0 Å². The molecule has 0 spiro atoms. The molecule has 0 aromatic heterocycles. The molecule has 0 amide bonds. The van der Waals surface area contributed by atoms with E-state index in [2.05, 4.69) is 37.2 Å². The summed E-state index contributed by atoms with van der Waals surface area (Å²) in [6.07, 6.45) is 0. The van der Waals surface area contributed by atoms with Crippen molar-refractivity contribution in [2.24, 2.45) is 0 Å². The Kier molecular flexibility index (Phi) is 2.35. The molecule has 0 fully saturated rings. The number of hydrogen-bond acceptors (Lipinski definition) is 3. The fourth-order valence-electron chi connectivity index (χ4n) is 1.99. The van der Waals surface area contributed by atoms with Gasteiger partial charge >= 0.3 is 0 Å². The van der Waals surface area contributed by atoms with Crippen LogP contribution in [0.2, 0.25) is 0 Å². The van der Waals surface area contributed by atoms with Crippen molar-refractivity contribution in [1.29, 1.82) is 0 Å². The SMILES string of the molecule is CN1c2c(CO)cccc2NCC1(C)C. The van der Waals surface area contributed by atoms with Crippen molar-refractivity contribution in [1.82, 2.24) is 0 Å². The maximum absolute atomic E-state index is 9.33. The van der Waals surface area contributed by atoms with Crippen LogP contribution in [0.3, 0.4) is 0 Å². The van der Waals surface area contributed by atoms with Crippen LogP contribution in [0.5, 0.6) is 0 Å². The molecule has 2 N–H and O–H groups in total. The van der Waals surface area contributed by atoms with E-state index in [1.54, 1.807) is 0 Å². The minimum atomic E-state index is 0.0816. The first kappa shape index (κ1) is 10.3. The van der Waals surface area contributed by atoms with E-state index in [1.807, 2.05) is 12.1 Å². The molecule has 15 heavy (non-hydrogen) atoms. The number of aliphatic hydroxyl groups is 1. The van der Waals surface area contributed by atoms with Gasteiger partial charge in [0.05, 0.1) is 23.5 Å². The molecule has 0 bridgehead atoms. The predicted octanol–water partition coefficient (Wildman–Crippen LogP) is 1.82. The average molecular weight is 206 g/mol. The van der Waals surface area contributed by atoms with Crippen molar-refractivity contribution < 1.29 is 5.11 Å². The van der Waals surface area contributed by atoms with Gasteiger partial charge in [-0.25, -0.2) is 0 Å². The summed E-state index contributed by atoms with van der Waals surface area (Å²) >= 11 is 0. The third-order valence-corrected chi connectivity index (χ3v) is 3.24. The van der Waals surface area contributed by atoms with E-state index in [0.717, 1.165) is 23.5 Å². The summed E-state index contributed by atoms with van der Waals surface area (Å²) in [5, 5.41) is 12.7. The van der Waals surface area contributed by atoms with Gasteiger partial charge in [-0.2, -0.15) is 0 Å². The molecule has 1 aliphatic rings. The second-order valence-corrected chi connectivity index (χ2v) is 4.70. The van der Waals surface area contributed by atoms with Gasteiger partial charge in [-0.15, -0.1) is 0 Å². The number of aliphatic hydroxyl groups excluding tert-OH is 1. The number of benzene rings is 1. The second kappa shape index (κ2) is 3.42. The van der Waals surface area contributed by atoms with Gasteiger partial charge in [0, 0.05) is 19.2 Å². The Hall–Kier alpha value is -1.22. The molecule has 1 aliphatic heterocycles. The van der Waals surface area contributed by atoms with Crippen molar-refractivity contribution in [3.8, 4) is 0 Å². The van der Waals surface area contributed by atoms with E-state index in [-0.39, 0.29) is 12.1 Å². The number of hydrogen-bond donors (Lipinski definition) is 2. The van der Waals surface area contributed by atoms with E-state index < -0.39 is 0 Å². The Morgan fingerprint density at radius 1 is 1.47 bits per heavy atom. The Morgan fingerprint density at radius 3 is 2.87 bits per heavy atom. The van der Waals surface area contributed by atoms with E-state index in [9.17, 15) is 5.11 Å².